The second kappa shape index (κ2) is 4.82. The monoisotopic (exact) mass is 238 g/mol. The summed E-state index contributed by atoms with van der Waals surface area (Å²) < 4.78 is 0. The highest BCUT2D eigenvalue weighted by Crippen LogP contribution is 2.19. The van der Waals surface area contributed by atoms with Crippen LogP contribution < -0.4 is 5.32 Å². The predicted molar refractivity (Wildman–Crippen MR) is 63.0 cm³/mol. The Morgan fingerprint density at radius 3 is 2.35 bits per heavy atom. The minimum atomic E-state index is -0.896. The summed E-state index contributed by atoms with van der Waals surface area (Å²) in [5.74, 6) is -0.896. The van der Waals surface area contributed by atoms with Crippen molar-refractivity contribution in [1.82, 2.24) is 0 Å². The molecule has 0 radical (unpaired) electrons. The normalized spacial score (nSPS) is 10.9. The van der Waals surface area contributed by atoms with Gasteiger partial charge in [-0.3, -0.25) is 14.9 Å². The van der Waals surface area contributed by atoms with Gasteiger partial charge in [0.1, 0.15) is 0 Å². The summed E-state index contributed by atoms with van der Waals surface area (Å²) in [5, 5.41) is 22.3. The molecule has 2 N–H and O–H groups in total. The first kappa shape index (κ1) is 13.0. The standard InChI is InChI=1S/C11H14N2O4/c1-11(2,10(14)15)7-12-8-3-5-9(6-4-8)13(16)17/h3-6,12H,7H2,1-2H3,(H,14,15). The zero-order valence-electron chi connectivity index (χ0n) is 9.64. The molecule has 0 heterocycles. The molecule has 0 spiro atoms. The van der Waals surface area contributed by atoms with Gasteiger partial charge >= 0.3 is 5.97 Å². The second-order valence-electron chi connectivity index (χ2n) is 4.35. The Morgan fingerprint density at radius 1 is 1.41 bits per heavy atom. The van der Waals surface area contributed by atoms with Crippen LogP contribution in [-0.2, 0) is 4.79 Å². The van der Waals surface area contributed by atoms with Crippen molar-refractivity contribution in [1.29, 1.82) is 0 Å². The van der Waals surface area contributed by atoms with E-state index in [0.29, 0.717) is 5.69 Å². The average molecular weight is 238 g/mol. The molecule has 0 amide bonds. The molecule has 17 heavy (non-hydrogen) atoms. The molecule has 0 bridgehead atoms. The zero-order chi connectivity index (χ0) is 13.1. The summed E-state index contributed by atoms with van der Waals surface area (Å²) >= 11 is 0. The van der Waals surface area contributed by atoms with Crippen LogP contribution in [0.5, 0.6) is 0 Å². The van der Waals surface area contributed by atoms with Crippen LogP contribution >= 0.6 is 0 Å². The molecule has 6 nitrogen and oxygen atoms in total. The maximum absolute atomic E-state index is 10.9. The van der Waals surface area contributed by atoms with E-state index in [9.17, 15) is 14.9 Å². The third kappa shape index (κ3) is 3.44. The van der Waals surface area contributed by atoms with Gasteiger partial charge in [0.2, 0.25) is 0 Å². The number of non-ortho nitro benzene ring substituents is 1. The molecule has 0 aliphatic heterocycles. The Morgan fingerprint density at radius 2 is 1.94 bits per heavy atom. The summed E-state index contributed by atoms with van der Waals surface area (Å²) in [4.78, 5) is 20.8. The van der Waals surface area contributed by atoms with Gasteiger partial charge in [-0.2, -0.15) is 0 Å². The van der Waals surface area contributed by atoms with Crippen LogP contribution in [0.3, 0.4) is 0 Å². The van der Waals surface area contributed by atoms with E-state index in [1.165, 1.54) is 12.1 Å². The number of carboxylic acid groups (broad SMARTS) is 1. The lowest BCUT2D eigenvalue weighted by Crippen LogP contribution is -2.31. The Balaban J connectivity index is 2.65. The molecular weight excluding hydrogens is 224 g/mol. The number of hydrogen-bond donors (Lipinski definition) is 2. The van der Waals surface area contributed by atoms with Gasteiger partial charge in [0.15, 0.2) is 0 Å². The summed E-state index contributed by atoms with van der Waals surface area (Å²) in [5.41, 5.74) is -0.222. The van der Waals surface area contributed by atoms with Crippen molar-refractivity contribution in [2.24, 2.45) is 5.41 Å². The highest BCUT2D eigenvalue weighted by atomic mass is 16.6. The van der Waals surface area contributed by atoms with E-state index in [-0.39, 0.29) is 12.2 Å². The van der Waals surface area contributed by atoms with Gasteiger partial charge in [-0.1, -0.05) is 0 Å². The third-order valence-corrected chi connectivity index (χ3v) is 2.39. The second-order valence-corrected chi connectivity index (χ2v) is 4.35. The van der Waals surface area contributed by atoms with Crippen LogP contribution in [0.1, 0.15) is 13.8 Å². The van der Waals surface area contributed by atoms with E-state index in [1.54, 1.807) is 26.0 Å². The van der Waals surface area contributed by atoms with Crippen molar-refractivity contribution in [3.8, 4) is 0 Å². The van der Waals surface area contributed by atoms with Gasteiger partial charge in [0.05, 0.1) is 10.3 Å². The SMILES string of the molecule is CC(C)(CNc1ccc([N+](=O)[O-])cc1)C(=O)O. The van der Waals surface area contributed by atoms with Crippen molar-refractivity contribution in [3.05, 3.63) is 34.4 Å². The molecule has 1 aromatic rings. The zero-order valence-corrected chi connectivity index (χ0v) is 9.64. The topological polar surface area (TPSA) is 92.5 Å². The van der Waals surface area contributed by atoms with Gasteiger partial charge < -0.3 is 10.4 Å². The summed E-state index contributed by atoms with van der Waals surface area (Å²) in [6.45, 7) is 3.46. The Kier molecular flexibility index (Phi) is 3.67. The lowest BCUT2D eigenvalue weighted by atomic mass is 9.94. The molecule has 0 aromatic heterocycles. The number of rotatable bonds is 5. The fraction of sp³-hybridized carbons (Fsp3) is 0.364. The molecule has 0 fully saturated rings. The fourth-order valence-corrected chi connectivity index (χ4v) is 1.10. The molecule has 0 aliphatic carbocycles. The van der Waals surface area contributed by atoms with Crippen LogP contribution in [0.4, 0.5) is 11.4 Å². The third-order valence-electron chi connectivity index (χ3n) is 2.39. The quantitative estimate of drug-likeness (QED) is 0.605. The number of nitrogens with zero attached hydrogens (tertiary/aromatic N) is 1. The number of carbonyl (C=O) groups is 1. The van der Waals surface area contributed by atoms with Crippen molar-refractivity contribution in [2.45, 2.75) is 13.8 Å². The number of benzene rings is 1. The van der Waals surface area contributed by atoms with E-state index in [2.05, 4.69) is 5.32 Å². The lowest BCUT2D eigenvalue weighted by Gasteiger charge is -2.20. The molecule has 0 aliphatic rings. The van der Waals surface area contributed by atoms with E-state index in [0.717, 1.165) is 0 Å². The van der Waals surface area contributed by atoms with E-state index in [1.807, 2.05) is 0 Å². The van der Waals surface area contributed by atoms with E-state index < -0.39 is 16.3 Å². The molecule has 6 heteroatoms. The Hall–Kier alpha value is -2.11. The van der Waals surface area contributed by atoms with Crippen LogP contribution in [-0.4, -0.2) is 22.5 Å². The van der Waals surface area contributed by atoms with Crippen molar-refractivity contribution in [3.63, 3.8) is 0 Å². The smallest absolute Gasteiger partial charge is 0.310 e. The first-order valence-corrected chi connectivity index (χ1v) is 5.04. The summed E-state index contributed by atoms with van der Waals surface area (Å²) in [6, 6.07) is 5.85. The number of anilines is 1. The fourth-order valence-electron chi connectivity index (χ4n) is 1.10. The van der Waals surface area contributed by atoms with E-state index >= 15 is 0 Å². The average Bonchev–Trinajstić information content (AvgIpc) is 2.27. The molecule has 0 atom stereocenters. The van der Waals surface area contributed by atoms with Crippen molar-refractivity contribution < 1.29 is 14.8 Å². The van der Waals surface area contributed by atoms with E-state index in [4.69, 9.17) is 5.11 Å². The predicted octanol–water partition coefficient (Wildman–Crippen LogP) is 2.12. The number of nitrogens with one attached hydrogen (secondary N) is 1. The number of carboxylic acids is 1. The Bertz CT molecular complexity index is 426. The van der Waals surface area contributed by atoms with Crippen LogP contribution in [0.15, 0.2) is 24.3 Å². The number of nitro groups is 1. The van der Waals surface area contributed by atoms with Crippen molar-refractivity contribution >= 4 is 17.3 Å². The van der Waals surface area contributed by atoms with Crippen molar-refractivity contribution in [2.75, 3.05) is 11.9 Å². The molecule has 0 saturated carbocycles. The number of aliphatic carboxylic acids is 1. The number of nitro benzene ring substituents is 1. The molecule has 92 valence electrons. The minimum absolute atomic E-state index is 0.00745. The number of hydrogen-bond acceptors (Lipinski definition) is 4. The van der Waals surface area contributed by atoms with Gasteiger partial charge in [-0.15, -0.1) is 0 Å². The highest BCUT2D eigenvalue weighted by Gasteiger charge is 2.26. The van der Waals surface area contributed by atoms with Gasteiger partial charge in [0, 0.05) is 24.4 Å². The Labute approximate surface area is 98.4 Å². The van der Waals surface area contributed by atoms with Crippen LogP contribution in [0.25, 0.3) is 0 Å². The minimum Gasteiger partial charge on any atom is -0.481 e. The van der Waals surface area contributed by atoms with Gasteiger partial charge in [0.25, 0.3) is 5.69 Å². The van der Waals surface area contributed by atoms with Gasteiger partial charge in [-0.25, -0.2) is 0 Å². The maximum atomic E-state index is 10.9. The first-order chi connectivity index (χ1) is 7.83. The summed E-state index contributed by atoms with van der Waals surface area (Å²) in [7, 11) is 0. The molecular formula is C11H14N2O4. The van der Waals surface area contributed by atoms with Gasteiger partial charge in [-0.05, 0) is 26.0 Å². The molecule has 1 rings (SSSR count). The molecule has 1 aromatic carbocycles. The summed E-state index contributed by atoms with van der Waals surface area (Å²) in [6.07, 6.45) is 0. The maximum Gasteiger partial charge on any atom is 0.310 e. The lowest BCUT2D eigenvalue weighted by molar-refractivity contribution is -0.384. The largest absolute Gasteiger partial charge is 0.481 e. The first-order valence-electron chi connectivity index (χ1n) is 5.04. The highest BCUT2D eigenvalue weighted by molar-refractivity contribution is 5.74. The van der Waals surface area contributed by atoms with Crippen LogP contribution in [0, 0.1) is 15.5 Å². The molecule has 0 unspecified atom stereocenters. The van der Waals surface area contributed by atoms with Crippen LogP contribution in [0.2, 0.25) is 0 Å². The molecule has 0 saturated heterocycles.